The molecule has 24 heavy (non-hydrogen) atoms. The molecule has 4 heteroatoms. The second-order valence-electron chi connectivity index (χ2n) is 6.05. The Labute approximate surface area is 139 Å². The van der Waals surface area contributed by atoms with Gasteiger partial charge in [-0.25, -0.2) is 0 Å². The maximum absolute atomic E-state index is 12.9. The van der Waals surface area contributed by atoms with E-state index in [2.05, 4.69) is 0 Å². The van der Waals surface area contributed by atoms with Gasteiger partial charge in [0.15, 0.2) is 0 Å². The molecule has 0 fully saturated rings. The number of nitrogens with zero attached hydrogens (tertiary/aromatic N) is 1. The fraction of sp³-hybridized carbons (Fsp3) is 0.200. The number of benzene rings is 2. The highest BCUT2D eigenvalue weighted by atomic mass is 16.5. The van der Waals surface area contributed by atoms with Crippen molar-refractivity contribution in [1.29, 1.82) is 0 Å². The molecule has 0 aliphatic heterocycles. The van der Waals surface area contributed by atoms with E-state index >= 15 is 0 Å². The molecule has 1 atom stereocenters. The standard InChI is InChI=1S/C20H17NO3/c1-24-17-10-9-16-18-14(7-8-15(12-22)19(17)18)11-21(16)20(23)13-5-3-2-4-6-13/h2-6,9-12,15H,7-8H2,1H3. The lowest BCUT2D eigenvalue weighted by atomic mass is 9.84. The summed E-state index contributed by atoms with van der Waals surface area (Å²) in [6.07, 6.45) is 4.42. The monoisotopic (exact) mass is 319 g/mol. The van der Waals surface area contributed by atoms with Gasteiger partial charge in [0.05, 0.1) is 12.6 Å². The Morgan fingerprint density at radius 3 is 2.71 bits per heavy atom. The highest BCUT2D eigenvalue weighted by Crippen LogP contribution is 2.42. The number of carbonyl (C=O) groups excluding carboxylic acids is 2. The van der Waals surface area contributed by atoms with Gasteiger partial charge < -0.3 is 9.53 Å². The summed E-state index contributed by atoms with van der Waals surface area (Å²) < 4.78 is 7.16. The summed E-state index contributed by atoms with van der Waals surface area (Å²) in [7, 11) is 1.61. The average molecular weight is 319 g/mol. The first kappa shape index (κ1) is 14.7. The van der Waals surface area contributed by atoms with Gasteiger partial charge in [-0.15, -0.1) is 0 Å². The van der Waals surface area contributed by atoms with Gasteiger partial charge in [0, 0.05) is 28.6 Å². The molecule has 1 aromatic heterocycles. The lowest BCUT2D eigenvalue weighted by Crippen LogP contribution is -2.11. The summed E-state index contributed by atoms with van der Waals surface area (Å²) >= 11 is 0. The van der Waals surface area contributed by atoms with Crippen LogP contribution in [0.4, 0.5) is 0 Å². The highest BCUT2D eigenvalue weighted by Gasteiger charge is 2.28. The maximum atomic E-state index is 12.9. The molecule has 1 aliphatic rings. The van der Waals surface area contributed by atoms with Crippen molar-refractivity contribution in [3.63, 3.8) is 0 Å². The van der Waals surface area contributed by atoms with Gasteiger partial charge in [-0.05, 0) is 42.7 Å². The minimum Gasteiger partial charge on any atom is -0.496 e. The Morgan fingerprint density at radius 1 is 1.21 bits per heavy atom. The fourth-order valence-electron chi connectivity index (χ4n) is 3.63. The van der Waals surface area contributed by atoms with Gasteiger partial charge in [0.2, 0.25) is 0 Å². The number of hydrogen-bond donors (Lipinski definition) is 0. The number of methoxy groups -OCH3 is 1. The lowest BCUT2D eigenvalue weighted by molar-refractivity contribution is -0.109. The Bertz CT molecular complexity index is 940. The van der Waals surface area contributed by atoms with Crippen LogP contribution in [0.5, 0.6) is 5.75 Å². The Morgan fingerprint density at radius 2 is 2.00 bits per heavy atom. The summed E-state index contributed by atoms with van der Waals surface area (Å²) in [4.78, 5) is 24.4. The van der Waals surface area contributed by atoms with Crippen molar-refractivity contribution >= 4 is 23.1 Å². The van der Waals surface area contributed by atoms with Gasteiger partial charge in [0.1, 0.15) is 12.0 Å². The molecule has 2 aromatic carbocycles. The maximum Gasteiger partial charge on any atom is 0.262 e. The second-order valence-corrected chi connectivity index (χ2v) is 6.05. The smallest absolute Gasteiger partial charge is 0.262 e. The van der Waals surface area contributed by atoms with Crippen LogP contribution >= 0.6 is 0 Å². The van der Waals surface area contributed by atoms with Gasteiger partial charge in [0.25, 0.3) is 5.91 Å². The van der Waals surface area contributed by atoms with E-state index in [9.17, 15) is 9.59 Å². The average Bonchev–Trinajstić information content (AvgIpc) is 3.02. The van der Waals surface area contributed by atoms with Gasteiger partial charge in [-0.3, -0.25) is 9.36 Å². The molecule has 3 aromatic rings. The largest absolute Gasteiger partial charge is 0.496 e. The summed E-state index contributed by atoms with van der Waals surface area (Å²) in [6, 6.07) is 13.0. The van der Waals surface area contributed by atoms with Crippen molar-refractivity contribution in [3.8, 4) is 5.75 Å². The van der Waals surface area contributed by atoms with Gasteiger partial charge >= 0.3 is 0 Å². The minimum atomic E-state index is -0.182. The topological polar surface area (TPSA) is 48.3 Å². The fourth-order valence-corrected chi connectivity index (χ4v) is 3.63. The molecule has 4 rings (SSSR count). The van der Waals surface area contributed by atoms with Gasteiger partial charge in [-0.2, -0.15) is 0 Å². The van der Waals surface area contributed by atoms with Crippen molar-refractivity contribution in [2.45, 2.75) is 18.8 Å². The minimum absolute atomic E-state index is 0.0625. The number of rotatable bonds is 3. The molecular formula is C20H17NO3. The van der Waals surface area contributed by atoms with E-state index in [1.807, 2.05) is 48.7 Å². The quantitative estimate of drug-likeness (QED) is 0.693. The van der Waals surface area contributed by atoms with E-state index < -0.39 is 0 Å². The molecule has 0 spiro atoms. The highest BCUT2D eigenvalue weighted by molar-refractivity contribution is 6.05. The zero-order valence-electron chi connectivity index (χ0n) is 13.4. The van der Waals surface area contributed by atoms with Crippen LogP contribution < -0.4 is 4.74 Å². The van der Waals surface area contributed by atoms with E-state index in [1.54, 1.807) is 11.7 Å². The van der Waals surface area contributed by atoms with Crippen molar-refractivity contribution < 1.29 is 14.3 Å². The van der Waals surface area contributed by atoms with Crippen LogP contribution in [-0.2, 0) is 11.2 Å². The summed E-state index contributed by atoms with van der Waals surface area (Å²) in [5.41, 5.74) is 3.48. The summed E-state index contributed by atoms with van der Waals surface area (Å²) in [5.74, 6) is 0.469. The first-order valence-corrected chi connectivity index (χ1v) is 8.00. The molecular weight excluding hydrogens is 302 g/mol. The van der Waals surface area contributed by atoms with Crippen LogP contribution in [0.25, 0.3) is 10.9 Å². The summed E-state index contributed by atoms with van der Waals surface area (Å²) in [5, 5.41) is 0.988. The predicted octanol–water partition coefficient (Wildman–Crippen LogP) is 3.57. The molecule has 0 N–H and O–H groups in total. The van der Waals surface area contributed by atoms with E-state index in [0.29, 0.717) is 11.3 Å². The molecule has 0 saturated heterocycles. The molecule has 120 valence electrons. The predicted molar refractivity (Wildman–Crippen MR) is 91.8 cm³/mol. The van der Waals surface area contributed by atoms with Crippen LogP contribution in [0.2, 0.25) is 0 Å². The second kappa shape index (κ2) is 5.64. The van der Waals surface area contributed by atoms with Crippen molar-refractivity contribution in [2.24, 2.45) is 0 Å². The van der Waals surface area contributed by atoms with Crippen molar-refractivity contribution in [2.75, 3.05) is 7.11 Å². The van der Waals surface area contributed by atoms with Crippen molar-refractivity contribution in [3.05, 3.63) is 65.4 Å². The van der Waals surface area contributed by atoms with Gasteiger partial charge in [-0.1, -0.05) is 18.2 Å². The van der Waals surface area contributed by atoms with Crippen LogP contribution in [0.15, 0.2) is 48.7 Å². The Balaban J connectivity index is 1.97. The third kappa shape index (κ3) is 2.07. The van der Waals surface area contributed by atoms with E-state index in [0.717, 1.165) is 41.2 Å². The molecule has 1 aliphatic carbocycles. The van der Waals surface area contributed by atoms with E-state index in [-0.39, 0.29) is 11.8 Å². The Hall–Kier alpha value is -2.88. The summed E-state index contributed by atoms with van der Waals surface area (Å²) in [6.45, 7) is 0. The number of carbonyl (C=O) groups is 2. The van der Waals surface area contributed by atoms with Crippen LogP contribution in [-0.4, -0.2) is 23.9 Å². The van der Waals surface area contributed by atoms with Crippen molar-refractivity contribution in [1.82, 2.24) is 4.57 Å². The third-order valence-electron chi connectivity index (χ3n) is 4.77. The molecule has 4 nitrogen and oxygen atoms in total. The molecule has 0 amide bonds. The molecule has 0 bridgehead atoms. The Kier molecular flexibility index (Phi) is 3.45. The zero-order valence-corrected chi connectivity index (χ0v) is 13.4. The third-order valence-corrected chi connectivity index (χ3v) is 4.77. The molecule has 1 unspecified atom stereocenters. The molecule has 1 heterocycles. The number of aldehydes is 1. The van der Waals surface area contributed by atoms with E-state index in [4.69, 9.17) is 4.74 Å². The first-order chi connectivity index (χ1) is 11.7. The first-order valence-electron chi connectivity index (χ1n) is 8.00. The SMILES string of the molecule is COc1ccc2c3c(cn2C(=O)c2ccccc2)CCC(C=O)c13. The van der Waals surface area contributed by atoms with Crippen LogP contribution in [0, 0.1) is 0 Å². The molecule has 0 radical (unpaired) electrons. The number of hydrogen-bond acceptors (Lipinski definition) is 3. The number of ether oxygens (including phenoxy) is 1. The van der Waals surface area contributed by atoms with Crippen LogP contribution in [0.1, 0.15) is 33.8 Å². The number of aryl methyl sites for hydroxylation is 1. The normalized spacial score (nSPS) is 16.1. The zero-order chi connectivity index (χ0) is 16.7. The number of aromatic nitrogens is 1. The van der Waals surface area contributed by atoms with Crippen LogP contribution in [0.3, 0.4) is 0 Å². The molecule has 0 saturated carbocycles. The lowest BCUT2D eigenvalue weighted by Gasteiger charge is -2.21. The van der Waals surface area contributed by atoms with E-state index in [1.165, 1.54) is 0 Å².